The van der Waals surface area contributed by atoms with E-state index < -0.39 is 0 Å². The maximum atomic E-state index is 5.45. The van der Waals surface area contributed by atoms with Crippen LogP contribution in [0.5, 0.6) is 0 Å². The third kappa shape index (κ3) is 32.9. The Morgan fingerprint density at radius 2 is 0.528 bits per heavy atom. The summed E-state index contributed by atoms with van der Waals surface area (Å²) < 4.78 is 58.8. The summed E-state index contributed by atoms with van der Waals surface area (Å²) in [5.41, 5.74) is 0. The Kier molecular flexibility index (Phi) is 32.8. The molecule has 0 bridgehead atoms. The van der Waals surface area contributed by atoms with Crippen LogP contribution in [0.3, 0.4) is 0 Å². The first-order chi connectivity index (χ1) is 17.9. The molecule has 0 aliphatic rings. The Labute approximate surface area is 216 Å². The van der Waals surface area contributed by atoms with Crippen molar-refractivity contribution in [3.05, 3.63) is 25.5 Å². The van der Waals surface area contributed by atoms with E-state index in [1.165, 1.54) is 6.26 Å². The van der Waals surface area contributed by atoms with Gasteiger partial charge in [-0.1, -0.05) is 12.7 Å². The molecule has 0 aliphatic carbocycles. The molecule has 0 heterocycles. The van der Waals surface area contributed by atoms with Crippen LogP contribution in [-0.4, -0.2) is 139 Å². The minimum Gasteiger partial charge on any atom is -0.499 e. The van der Waals surface area contributed by atoms with Crippen molar-refractivity contribution in [2.45, 2.75) is 0 Å². The first-order valence-electron chi connectivity index (χ1n) is 12.5. The molecule has 0 saturated heterocycles. The average molecular weight is 525 g/mol. The molecule has 11 heteroatoms. The second-order valence-electron chi connectivity index (χ2n) is 6.91. The monoisotopic (exact) mass is 524 g/mol. The minimum atomic E-state index is 0.504. The highest BCUT2D eigenvalue weighted by atomic mass is 16.6. The Hall–Kier alpha value is -1.12. The number of ether oxygens (including phenoxy) is 11. The van der Waals surface area contributed by atoms with Crippen molar-refractivity contribution in [3.63, 3.8) is 0 Å². The fourth-order valence-electron chi connectivity index (χ4n) is 2.34. The van der Waals surface area contributed by atoms with Crippen molar-refractivity contribution in [1.82, 2.24) is 0 Å². The summed E-state index contributed by atoms with van der Waals surface area (Å²) in [5, 5.41) is 0. The zero-order chi connectivity index (χ0) is 26.0. The molecule has 0 aromatic heterocycles. The van der Waals surface area contributed by atoms with Crippen LogP contribution in [0.25, 0.3) is 0 Å². The van der Waals surface area contributed by atoms with Crippen LogP contribution in [0.1, 0.15) is 0 Å². The molecule has 0 aromatic rings. The topological polar surface area (TPSA) is 102 Å². The summed E-state index contributed by atoms with van der Waals surface area (Å²) in [6, 6.07) is 0. The molecule has 36 heavy (non-hydrogen) atoms. The van der Waals surface area contributed by atoms with E-state index in [0.717, 1.165) is 0 Å². The van der Waals surface area contributed by atoms with Gasteiger partial charge in [-0.25, -0.2) is 0 Å². The standard InChI is InChI=1S/C25H48O11/c1-3-5-27-8-9-29-12-13-31-16-17-33-20-21-35-24-25-36-23-22-34-19-18-32-15-14-30-11-10-28-7-6-26-4-2/h3-4H,1-2,5-25H2. The fourth-order valence-corrected chi connectivity index (χ4v) is 2.34. The lowest BCUT2D eigenvalue weighted by molar-refractivity contribution is -0.0266. The van der Waals surface area contributed by atoms with Gasteiger partial charge in [-0.15, -0.1) is 6.58 Å². The zero-order valence-corrected chi connectivity index (χ0v) is 21.9. The van der Waals surface area contributed by atoms with Crippen molar-refractivity contribution in [3.8, 4) is 0 Å². The molecule has 0 unspecified atom stereocenters. The quantitative estimate of drug-likeness (QED) is 0.0709. The van der Waals surface area contributed by atoms with E-state index in [-0.39, 0.29) is 0 Å². The summed E-state index contributed by atoms with van der Waals surface area (Å²) in [4.78, 5) is 0. The van der Waals surface area contributed by atoms with Gasteiger partial charge >= 0.3 is 0 Å². The van der Waals surface area contributed by atoms with Gasteiger partial charge in [-0.3, -0.25) is 0 Å². The lowest BCUT2D eigenvalue weighted by Crippen LogP contribution is -2.15. The maximum Gasteiger partial charge on any atom is 0.111 e. The van der Waals surface area contributed by atoms with Crippen LogP contribution in [0.2, 0.25) is 0 Å². The highest BCUT2D eigenvalue weighted by Crippen LogP contribution is 1.87. The van der Waals surface area contributed by atoms with E-state index >= 15 is 0 Å². The normalized spacial score (nSPS) is 11.1. The average Bonchev–Trinajstić information content (AvgIpc) is 2.89. The molecule has 0 radical (unpaired) electrons. The van der Waals surface area contributed by atoms with E-state index in [4.69, 9.17) is 52.1 Å². The first kappa shape index (κ1) is 34.9. The van der Waals surface area contributed by atoms with E-state index in [1.807, 2.05) is 0 Å². The Bertz CT molecular complexity index is 389. The number of hydrogen-bond donors (Lipinski definition) is 0. The number of hydrogen-bond acceptors (Lipinski definition) is 11. The van der Waals surface area contributed by atoms with Gasteiger partial charge < -0.3 is 52.1 Å². The SMILES string of the molecule is C=CCOCCOCCOCCOCCOCCOCCOCCOCCOCCOCCOC=C. The highest BCUT2D eigenvalue weighted by Gasteiger charge is 1.95. The zero-order valence-electron chi connectivity index (χ0n) is 21.9. The molecule has 0 aliphatic heterocycles. The van der Waals surface area contributed by atoms with Gasteiger partial charge in [0, 0.05) is 0 Å². The van der Waals surface area contributed by atoms with Gasteiger partial charge in [0.1, 0.15) is 6.61 Å². The van der Waals surface area contributed by atoms with Crippen molar-refractivity contribution in [1.29, 1.82) is 0 Å². The molecular weight excluding hydrogens is 476 g/mol. The van der Waals surface area contributed by atoms with Crippen LogP contribution in [0.4, 0.5) is 0 Å². The summed E-state index contributed by atoms with van der Waals surface area (Å²) in [6.45, 7) is 18.1. The maximum absolute atomic E-state index is 5.45. The lowest BCUT2D eigenvalue weighted by Gasteiger charge is -2.09. The molecule has 0 fully saturated rings. The van der Waals surface area contributed by atoms with Crippen molar-refractivity contribution in [2.24, 2.45) is 0 Å². The predicted molar refractivity (Wildman–Crippen MR) is 135 cm³/mol. The van der Waals surface area contributed by atoms with Crippen LogP contribution in [-0.2, 0) is 52.1 Å². The highest BCUT2D eigenvalue weighted by molar-refractivity contribution is 4.63. The predicted octanol–water partition coefficient (Wildman–Crippen LogP) is 1.50. The van der Waals surface area contributed by atoms with E-state index in [9.17, 15) is 0 Å². The Morgan fingerprint density at radius 1 is 0.306 bits per heavy atom. The second kappa shape index (κ2) is 33.9. The lowest BCUT2D eigenvalue weighted by atomic mass is 10.6. The molecule has 11 nitrogen and oxygen atoms in total. The van der Waals surface area contributed by atoms with Gasteiger partial charge in [0.2, 0.25) is 0 Å². The molecule has 214 valence electrons. The van der Waals surface area contributed by atoms with Crippen LogP contribution in [0.15, 0.2) is 25.5 Å². The summed E-state index contributed by atoms with van der Waals surface area (Å²) in [5.74, 6) is 0. The molecule has 0 aromatic carbocycles. The van der Waals surface area contributed by atoms with Gasteiger partial charge in [0.05, 0.1) is 138 Å². The molecular formula is C25H48O11. The molecule has 0 spiro atoms. The summed E-state index contributed by atoms with van der Waals surface area (Å²) >= 11 is 0. The van der Waals surface area contributed by atoms with Crippen LogP contribution < -0.4 is 0 Å². The van der Waals surface area contributed by atoms with Crippen LogP contribution in [0, 0.1) is 0 Å². The van der Waals surface area contributed by atoms with E-state index in [2.05, 4.69) is 13.2 Å². The third-order valence-electron chi connectivity index (χ3n) is 4.05. The summed E-state index contributed by atoms with van der Waals surface area (Å²) in [6.07, 6.45) is 3.11. The van der Waals surface area contributed by atoms with Gasteiger partial charge in [0.25, 0.3) is 0 Å². The smallest absolute Gasteiger partial charge is 0.111 e. The fraction of sp³-hybridized carbons (Fsp3) is 0.840. The summed E-state index contributed by atoms with van der Waals surface area (Å²) in [7, 11) is 0. The van der Waals surface area contributed by atoms with E-state index in [0.29, 0.717) is 139 Å². The first-order valence-corrected chi connectivity index (χ1v) is 12.5. The van der Waals surface area contributed by atoms with Crippen molar-refractivity contribution >= 4 is 0 Å². The largest absolute Gasteiger partial charge is 0.499 e. The molecule has 0 atom stereocenters. The Balaban J connectivity index is 3.01. The van der Waals surface area contributed by atoms with Crippen molar-refractivity contribution in [2.75, 3.05) is 139 Å². The number of rotatable bonds is 33. The molecule has 0 amide bonds. The van der Waals surface area contributed by atoms with Gasteiger partial charge in [-0.2, -0.15) is 0 Å². The van der Waals surface area contributed by atoms with Gasteiger partial charge in [0.15, 0.2) is 0 Å². The third-order valence-corrected chi connectivity index (χ3v) is 4.05. The minimum absolute atomic E-state index is 0.504. The van der Waals surface area contributed by atoms with Crippen molar-refractivity contribution < 1.29 is 52.1 Å². The van der Waals surface area contributed by atoms with Gasteiger partial charge in [-0.05, 0) is 0 Å². The van der Waals surface area contributed by atoms with E-state index in [1.54, 1.807) is 6.08 Å². The second-order valence-corrected chi connectivity index (χ2v) is 6.91. The Morgan fingerprint density at radius 3 is 0.750 bits per heavy atom. The molecule has 0 rings (SSSR count). The molecule has 0 saturated carbocycles. The molecule has 0 N–H and O–H groups in total. The van der Waals surface area contributed by atoms with Crippen LogP contribution >= 0.6 is 0 Å².